The SMILES string of the molecule is CCCCC[C@H](O)/C=C/C=C\C/C=C\C=C\[C@H](O)CCCC(=O)OC[C@H](CO)OC(=O)CCCCCCCCCCCCCC(C)C. The Kier molecular flexibility index (Phi) is 32.1. The van der Waals surface area contributed by atoms with Crippen LogP contribution in [0.4, 0.5) is 0 Å². The van der Waals surface area contributed by atoms with Crippen molar-refractivity contribution in [1.82, 2.24) is 0 Å². The third-order valence-corrected chi connectivity index (χ3v) is 8.01. The second-order valence-corrected chi connectivity index (χ2v) is 13.2. The molecule has 47 heavy (non-hydrogen) atoms. The monoisotopic (exact) mass is 663 g/mol. The molecule has 272 valence electrons. The van der Waals surface area contributed by atoms with Gasteiger partial charge in [-0.1, -0.05) is 159 Å². The van der Waals surface area contributed by atoms with Crippen LogP contribution >= 0.6 is 0 Å². The number of allylic oxidation sites excluding steroid dienone is 6. The minimum Gasteiger partial charge on any atom is -0.462 e. The molecule has 0 aromatic rings. The summed E-state index contributed by atoms with van der Waals surface area (Å²) in [6.07, 6.45) is 33.9. The molecule has 3 atom stereocenters. The first kappa shape index (κ1) is 44.8. The molecule has 0 amide bonds. The van der Waals surface area contributed by atoms with Crippen molar-refractivity contribution in [2.75, 3.05) is 13.2 Å². The summed E-state index contributed by atoms with van der Waals surface area (Å²) in [7, 11) is 0. The van der Waals surface area contributed by atoms with Crippen molar-refractivity contribution >= 4 is 11.9 Å². The molecule has 0 saturated heterocycles. The maximum atomic E-state index is 12.1. The van der Waals surface area contributed by atoms with Gasteiger partial charge >= 0.3 is 11.9 Å². The fourth-order valence-electron chi connectivity index (χ4n) is 5.07. The maximum Gasteiger partial charge on any atom is 0.306 e. The van der Waals surface area contributed by atoms with Crippen molar-refractivity contribution in [3.8, 4) is 0 Å². The van der Waals surface area contributed by atoms with Crippen LogP contribution in [0.1, 0.15) is 156 Å². The van der Waals surface area contributed by atoms with Gasteiger partial charge in [-0.2, -0.15) is 0 Å². The number of rotatable bonds is 32. The molecule has 0 fully saturated rings. The molecule has 7 heteroatoms. The maximum absolute atomic E-state index is 12.1. The Morgan fingerprint density at radius 2 is 1.11 bits per heavy atom. The normalized spacial score (nSPS) is 14.2. The summed E-state index contributed by atoms with van der Waals surface area (Å²) in [4.78, 5) is 24.2. The van der Waals surface area contributed by atoms with Gasteiger partial charge in [0.05, 0.1) is 18.8 Å². The summed E-state index contributed by atoms with van der Waals surface area (Å²) in [6, 6.07) is 0. The van der Waals surface area contributed by atoms with E-state index in [4.69, 9.17) is 9.47 Å². The zero-order chi connectivity index (χ0) is 34.8. The molecule has 3 N–H and O–H groups in total. The summed E-state index contributed by atoms with van der Waals surface area (Å²) in [6.45, 7) is 6.15. The third-order valence-electron chi connectivity index (χ3n) is 8.01. The fraction of sp³-hybridized carbons (Fsp3) is 0.750. The van der Waals surface area contributed by atoms with E-state index in [9.17, 15) is 24.9 Å². The summed E-state index contributed by atoms with van der Waals surface area (Å²) in [5.41, 5.74) is 0. The van der Waals surface area contributed by atoms with Crippen LogP contribution in [-0.4, -0.2) is 58.8 Å². The second kappa shape index (κ2) is 33.7. The molecule has 0 spiro atoms. The standard InChI is InChI=1S/C40H70O7/c1-4-5-20-27-36(42)28-22-17-13-11-14-18-23-29-37(43)30-25-32-39(44)46-34-38(33-41)47-40(45)31-24-19-15-10-8-6-7-9-12-16-21-26-35(2)3/h13-14,17-18,22-23,28-29,35-38,41-43H,4-12,15-16,19-21,24-27,30-34H2,1-3H3/b17-13-,18-14-,28-22+,29-23+/t36-,37-,38-/m0/s1. The molecular weight excluding hydrogens is 592 g/mol. The molecule has 0 bridgehead atoms. The lowest BCUT2D eigenvalue weighted by Gasteiger charge is -2.16. The first-order chi connectivity index (χ1) is 22.8. The first-order valence-electron chi connectivity index (χ1n) is 18.8. The van der Waals surface area contributed by atoms with E-state index in [1.54, 1.807) is 12.2 Å². The lowest BCUT2D eigenvalue weighted by molar-refractivity contribution is -0.161. The van der Waals surface area contributed by atoms with E-state index in [-0.39, 0.29) is 25.1 Å². The Bertz CT molecular complexity index is 846. The Hall–Kier alpha value is -2.22. The van der Waals surface area contributed by atoms with Gasteiger partial charge in [0.1, 0.15) is 6.61 Å². The van der Waals surface area contributed by atoms with Gasteiger partial charge in [-0.25, -0.2) is 0 Å². The van der Waals surface area contributed by atoms with Crippen LogP contribution in [0.25, 0.3) is 0 Å². The molecular formula is C40H70O7. The van der Waals surface area contributed by atoms with Gasteiger partial charge in [-0.3, -0.25) is 9.59 Å². The Balaban J connectivity index is 3.84. The zero-order valence-corrected chi connectivity index (χ0v) is 30.2. The first-order valence-corrected chi connectivity index (χ1v) is 18.8. The van der Waals surface area contributed by atoms with E-state index in [0.29, 0.717) is 19.3 Å². The highest BCUT2D eigenvalue weighted by molar-refractivity contribution is 5.70. The number of carbonyl (C=O) groups is 2. The van der Waals surface area contributed by atoms with Crippen LogP contribution in [0.15, 0.2) is 48.6 Å². The molecule has 0 aromatic heterocycles. The fourth-order valence-corrected chi connectivity index (χ4v) is 5.07. The number of ether oxygens (including phenoxy) is 2. The van der Waals surface area contributed by atoms with E-state index >= 15 is 0 Å². The predicted octanol–water partition coefficient (Wildman–Crippen LogP) is 9.25. The summed E-state index contributed by atoms with van der Waals surface area (Å²) in [5.74, 6) is -0.00261. The van der Waals surface area contributed by atoms with E-state index in [1.165, 1.54) is 57.8 Å². The lowest BCUT2D eigenvalue weighted by atomic mass is 10.0. The van der Waals surface area contributed by atoms with E-state index in [0.717, 1.165) is 57.3 Å². The minimum absolute atomic E-state index is 0.136. The van der Waals surface area contributed by atoms with Crippen molar-refractivity contribution in [3.63, 3.8) is 0 Å². The van der Waals surface area contributed by atoms with Gasteiger partial charge in [-0.15, -0.1) is 0 Å². The molecule has 0 radical (unpaired) electrons. The topological polar surface area (TPSA) is 113 Å². The Labute approximate surface area is 287 Å². The molecule has 0 aliphatic heterocycles. The quantitative estimate of drug-likeness (QED) is 0.0374. The van der Waals surface area contributed by atoms with Crippen LogP contribution < -0.4 is 0 Å². The van der Waals surface area contributed by atoms with Crippen molar-refractivity contribution < 1.29 is 34.4 Å². The van der Waals surface area contributed by atoms with Crippen molar-refractivity contribution in [1.29, 1.82) is 0 Å². The molecule has 0 aliphatic carbocycles. The lowest BCUT2D eigenvalue weighted by Crippen LogP contribution is -2.28. The highest BCUT2D eigenvalue weighted by Gasteiger charge is 2.16. The predicted molar refractivity (Wildman–Crippen MR) is 194 cm³/mol. The second-order valence-electron chi connectivity index (χ2n) is 13.2. The molecule has 0 rings (SSSR count). The molecule has 0 saturated carbocycles. The summed E-state index contributed by atoms with van der Waals surface area (Å²) in [5, 5.41) is 29.5. The number of carbonyl (C=O) groups excluding carboxylic acids is 2. The van der Waals surface area contributed by atoms with Crippen LogP contribution in [-0.2, 0) is 19.1 Å². The van der Waals surface area contributed by atoms with Gasteiger partial charge < -0.3 is 24.8 Å². The largest absolute Gasteiger partial charge is 0.462 e. The smallest absolute Gasteiger partial charge is 0.306 e. The molecule has 7 nitrogen and oxygen atoms in total. The van der Waals surface area contributed by atoms with Gasteiger partial charge in [0.25, 0.3) is 0 Å². The number of hydrogen-bond acceptors (Lipinski definition) is 7. The van der Waals surface area contributed by atoms with Gasteiger partial charge in [0, 0.05) is 12.8 Å². The number of unbranched alkanes of at least 4 members (excludes halogenated alkanes) is 12. The third kappa shape index (κ3) is 33.5. The molecule has 0 heterocycles. The van der Waals surface area contributed by atoms with E-state index < -0.39 is 24.8 Å². The van der Waals surface area contributed by atoms with Crippen LogP contribution in [0, 0.1) is 5.92 Å². The Morgan fingerprint density at radius 3 is 1.64 bits per heavy atom. The summed E-state index contributed by atoms with van der Waals surface area (Å²) >= 11 is 0. The highest BCUT2D eigenvalue weighted by atomic mass is 16.6. The van der Waals surface area contributed by atoms with Gasteiger partial charge in [0.15, 0.2) is 6.10 Å². The molecule has 0 unspecified atom stereocenters. The summed E-state index contributed by atoms with van der Waals surface area (Å²) < 4.78 is 10.5. The van der Waals surface area contributed by atoms with Crippen LogP contribution in [0.3, 0.4) is 0 Å². The highest BCUT2D eigenvalue weighted by Crippen LogP contribution is 2.14. The van der Waals surface area contributed by atoms with E-state index in [2.05, 4.69) is 20.8 Å². The Morgan fingerprint density at radius 1 is 0.617 bits per heavy atom. The number of hydrogen-bond donors (Lipinski definition) is 3. The van der Waals surface area contributed by atoms with Crippen LogP contribution in [0.2, 0.25) is 0 Å². The number of aliphatic hydroxyl groups is 3. The zero-order valence-electron chi connectivity index (χ0n) is 30.2. The molecule has 0 aromatic carbocycles. The van der Waals surface area contributed by atoms with E-state index in [1.807, 2.05) is 36.5 Å². The average Bonchev–Trinajstić information content (AvgIpc) is 3.04. The number of esters is 2. The van der Waals surface area contributed by atoms with Crippen LogP contribution in [0.5, 0.6) is 0 Å². The van der Waals surface area contributed by atoms with Gasteiger partial charge in [0.2, 0.25) is 0 Å². The average molecular weight is 663 g/mol. The van der Waals surface area contributed by atoms with Crippen molar-refractivity contribution in [3.05, 3.63) is 48.6 Å². The number of aliphatic hydroxyl groups excluding tert-OH is 3. The van der Waals surface area contributed by atoms with Crippen molar-refractivity contribution in [2.45, 2.75) is 174 Å². The van der Waals surface area contributed by atoms with Gasteiger partial charge in [-0.05, 0) is 38.0 Å². The minimum atomic E-state index is -0.856. The van der Waals surface area contributed by atoms with Crippen molar-refractivity contribution in [2.24, 2.45) is 5.92 Å². The molecule has 0 aliphatic rings.